The van der Waals surface area contributed by atoms with Gasteiger partial charge in [0.25, 0.3) is 0 Å². The molecule has 0 aliphatic heterocycles. The van der Waals surface area contributed by atoms with Crippen LogP contribution in [0.1, 0.15) is 24.5 Å². The predicted octanol–water partition coefficient (Wildman–Crippen LogP) is 2.57. The first kappa shape index (κ1) is 13.8. The van der Waals surface area contributed by atoms with Gasteiger partial charge in [0.05, 0.1) is 6.20 Å². The van der Waals surface area contributed by atoms with Crippen LogP contribution in [0, 0.1) is 0 Å². The number of hydrogen-bond acceptors (Lipinski definition) is 2. The van der Waals surface area contributed by atoms with E-state index in [2.05, 4.69) is 53.9 Å². The topological polar surface area (TPSA) is 29.9 Å². The molecule has 1 aromatic heterocycles. The van der Waals surface area contributed by atoms with Gasteiger partial charge in [-0.15, -0.1) is 0 Å². The van der Waals surface area contributed by atoms with Crippen molar-refractivity contribution in [2.45, 2.75) is 32.2 Å². The lowest BCUT2D eigenvalue weighted by molar-refractivity contribution is 0.504. The third-order valence-electron chi connectivity index (χ3n) is 3.25. The van der Waals surface area contributed by atoms with Crippen LogP contribution in [0.5, 0.6) is 0 Å². The van der Waals surface area contributed by atoms with E-state index in [0.29, 0.717) is 6.04 Å². The number of nitrogens with zero attached hydrogens (tertiary/aromatic N) is 2. The summed E-state index contributed by atoms with van der Waals surface area (Å²) in [4.78, 5) is 0. The molecule has 2 aromatic rings. The third-order valence-corrected chi connectivity index (χ3v) is 3.25. The second-order valence-corrected chi connectivity index (χ2v) is 5.07. The minimum absolute atomic E-state index is 0.478. The van der Waals surface area contributed by atoms with Crippen LogP contribution in [0.25, 0.3) is 0 Å². The number of aryl methyl sites for hydroxylation is 1. The van der Waals surface area contributed by atoms with Crippen molar-refractivity contribution in [3.05, 3.63) is 53.9 Å². The summed E-state index contributed by atoms with van der Waals surface area (Å²) in [6, 6.07) is 11.2. The van der Waals surface area contributed by atoms with Gasteiger partial charge in [0.15, 0.2) is 0 Å². The summed E-state index contributed by atoms with van der Waals surface area (Å²) in [5.41, 5.74) is 2.69. The minimum Gasteiger partial charge on any atom is -0.313 e. The van der Waals surface area contributed by atoms with Crippen molar-refractivity contribution in [3.8, 4) is 0 Å². The van der Waals surface area contributed by atoms with E-state index < -0.39 is 0 Å². The van der Waals surface area contributed by atoms with Crippen LogP contribution >= 0.6 is 0 Å². The van der Waals surface area contributed by atoms with Crippen LogP contribution < -0.4 is 5.32 Å². The highest BCUT2D eigenvalue weighted by Crippen LogP contribution is 2.08. The number of benzene rings is 1. The molecule has 19 heavy (non-hydrogen) atoms. The highest BCUT2D eigenvalue weighted by molar-refractivity contribution is 5.17. The summed E-state index contributed by atoms with van der Waals surface area (Å²) in [5.74, 6) is 0. The molecule has 0 radical (unpaired) electrons. The zero-order valence-electron chi connectivity index (χ0n) is 11.8. The first-order valence-corrected chi connectivity index (χ1v) is 7.02. The van der Waals surface area contributed by atoms with E-state index in [4.69, 9.17) is 0 Å². The second kappa shape index (κ2) is 7.10. The smallest absolute Gasteiger partial charge is 0.0522 e. The maximum absolute atomic E-state index is 4.25. The molecule has 1 aromatic carbocycles. The molecule has 3 heteroatoms. The summed E-state index contributed by atoms with van der Waals surface area (Å²) in [5, 5.41) is 7.88. The fraction of sp³-hybridized carbons (Fsp3) is 0.438. The van der Waals surface area contributed by atoms with Crippen molar-refractivity contribution in [2.75, 3.05) is 6.54 Å². The molecule has 0 saturated heterocycles. The summed E-state index contributed by atoms with van der Waals surface area (Å²) < 4.78 is 1.87. The summed E-state index contributed by atoms with van der Waals surface area (Å²) >= 11 is 0. The predicted molar refractivity (Wildman–Crippen MR) is 79.1 cm³/mol. The minimum atomic E-state index is 0.478. The van der Waals surface area contributed by atoms with Crippen molar-refractivity contribution >= 4 is 0 Å². The summed E-state index contributed by atoms with van der Waals surface area (Å²) in [6.07, 6.45) is 7.33. The van der Waals surface area contributed by atoms with Crippen LogP contribution in [-0.4, -0.2) is 22.4 Å². The maximum atomic E-state index is 4.25. The second-order valence-electron chi connectivity index (χ2n) is 5.07. The fourth-order valence-electron chi connectivity index (χ4n) is 2.33. The first-order valence-electron chi connectivity index (χ1n) is 7.02. The lowest BCUT2D eigenvalue weighted by atomic mass is 10.0. The molecule has 0 bridgehead atoms. The van der Waals surface area contributed by atoms with Crippen molar-refractivity contribution < 1.29 is 0 Å². The van der Waals surface area contributed by atoms with Gasteiger partial charge >= 0.3 is 0 Å². The Bertz CT molecular complexity index is 476. The van der Waals surface area contributed by atoms with Crippen molar-refractivity contribution in [3.63, 3.8) is 0 Å². The Kier molecular flexibility index (Phi) is 5.16. The van der Waals surface area contributed by atoms with Gasteiger partial charge in [-0.1, -0.05) is 37.3 Å². The van der Waals surface area contributed by atoms with Gasteiger partial charge in [0, 0.05) is 19.3 Å². The molecule has 3 nitrogen and oxygen atoms in total. The Labute approximate surface area is 115 Å². The molecule has 1 N–H and O–H groups in total. The number of rotatable bonds is 7. The fourth-order valence-corrected chi connectivity index (χ4v) is 2.33. The SMILES string of the molecule is CCCNC(Cc1ccccc1)Cc1cnn(C)c1. The Morgan fingerprint density at radius 1 is 1.16 bits per heavy atom. The Balaban J connectivity index is 1.99. The van der Waals surface area contributed by atoms with Crippen molar-refractivity contribution in [2.24, 2.45) is 7.05 Å². The van der Waals surface area contributed by atoms with E-state index in [1.807, 2.05) is 17.9 Å². The monoisotopic (exact) mass is 257 g/mol. The van der Waals surface area contributed by atoms with E-state index in [-0.39, 0.29) is 0 Å². The molecule has 0 saturated carbocycles. The molecule has 1 unspecified atom stereocenters. The highest BCUT2D eigenvalue weighted by Gasteiger charge is 2.10. The van der Waals surface area contributed by atoms with Crippen molar-refractivity contribution in [1.29, 1.82) is 0 Å². The summed E-state index contributed by atoms with van der Waals surface area (Å²) in [6.45, 7) is 3.27. The van der Waals surface area contributed by atoms with Gasteiger partial charge in [-0.25, -0.2) is 0 Å². The van der Waals surface area contributed by atoms with Gasteiger partial charge in [-0.3, -0.25) is 4.68 Å². The Morgan fingerprint density at radius 3 is 2.53 bits per heavy atom. The molecular weight excluding hydrogens is 234 g/mol. The molecular formula is C16H23N3. The molecule has 1 atom stereocenters. The average Bonchev–Trinajstić information content (AvgIpc) is 2.82. The van der Waals surface area contributed by atoms with E-state index in [9.17, 15) is 0 Å². The van der Waals surface area contributed by atoms with Gasteiger partial charge in [-0.2, -0.15) is 5.10 Å². The van der Waals surface area contributed by atoms with E-state index in [1.165, 1.54) is 17.5 Å². The van der Waals surface area contributed by atoms with E-state index in [1.54, 1.807) is 0 Å². The third kappa shape index (κ3) is 4.52. The molecule has 0 aliphatic rings. The number of hydrogen-bond donors (Lipinski definition) is 1. The average molecular weight is 257 g/mol. The number of nitrogens with one attached hydrogen (secondary N) is 1. The lowest BCUT2D eigenvalue weighted by Gasteiger charge is -2.18. The quantitative estimate of drug-likeness (QED) is 0.826. The van der Waals surface area contributed by atoms with Gasteiger partial charge in [0.1, 0.15) is 0 Å². The van der Waals surface area contributed by atoms with Gasteiger partial charge < -0.3 is 5.32 Å². The molecule has 102 valence electrons. The van der Waals surface area contributed by atoms with Crippen LogP contribution in [0.4, 0.5) is 0 Å². The highest BCUT2D eigenvalue weighted by atomic mass is 15.2. The molecule has 0 amide bonds. The van der Waals surface area contributed by atoms with Gasteiger partial charge in [0.2, 0.25) is 0 Å². The lowest BCUT2D eigenvalue weighted by Crippen LogP contribution is -2.33. The maximum Gasteiger partial charge on any atom is 0.0522 e. The zero-order chi connectivity index (χ0) is 13.5. The molecule has 1 heterocycles. The van der Waals surface area contributed by atoms with Crippen LogP contribution in [0.3, 0.4) is 0 Å². The molecule has 0 fully saturated rings. The normalized spacial score (nSPS) is 12.5. The summed E-state index contributed by atoms with van der Waals surface area (Å²) in [7, 11) is 1.97. The van der Waals surface area contributed by atoms with Crippen LogP contribution in [0.2, 0.25) is 0 Å². The van der Waals surface area contributed by atoms with Crippen LogP contribution in [0.15, 0.2) is 42.7 Å². The molecule has 2 rings (SSSR count). The van der Waals surface area contributed by atoms with E-state index in [0.717, 1.165) is 19.4 Å². The largest absolute Gasteiger partial charge is 0.313 e. The Hall–Kier alpha value is -1.61. The van der Waals surface area contributed by atoms with E-state index >= 15 is 0 Å². The van der Waals surface area contributed by atoms with Gasteiger partial charge in [-0.05, 0) is 36.9 Å². The van der Waals surface area contributed by atoms with Crippen LogP contribution in [-0.2, 0) is 19.9 Å². The van der Waals surface area contributed by atoms with Crippen molar-refractivity contribution in [1.82, 2.24) is 15.1 Å². The first-order chi connectivity index (χ1) is 9.28. The molecule has 0 aliphatic carbocycles. The molecule has 0 spiro atoms. The Morgan fingerprint density at radius 2 is 1.89 bits per heavy atom. The zero-order valence-corrected chi connectivity index (χ0v) is 11.8. The number of aromatic nitrogens is 2. The standard InChI is InChI=1S/C16H23N3/c1-3-9-17-16(10-14-7-5-4-6-8-14)11-15-12-18-19(2)13-15/h4-8,12-13,16-17H,3,9-11H2,1-2H3.